The molecule has 0 aliphatic carbocycles. The van der Waals surface area contributed by atoms with Gasteiger partial charge in [-0.25, -0.2) is 0 Å². The fraction of sp³-hybridized carbons (Fsp3) is 0.600. The molecule has 3 heterocycles. The number of piperidine rings is 1. The van der Waals surface area contributed by atoms with Crippen molar-refractivity contribution in [1.82, 2.24) is 15.1 Å². The average molecular weight is 378 g/mol. The molecule has 0 radical (unpaired) electrons. The van der Waals surface area contributed by atoms with Crippen molar-refractivity contribution < 1.29 is 9.59 Å². The number of halogens is 1. The molecule has 1 spiro atoms. The first kappa shape index (κ1) is 19.2. The Balaban J connectivity index is 0.00000196. The predicted octanol–water partition coefficient (Wildman–Crippen LogP) is 2.27. The van der Waals surface area contributed by atoms with E-state index >= 15 is 0 Å². The van der Waals surface area contributed by atoms with E-state index in [9.17, 15) is 9.59 Å². The Morgan fingerprint density at radius 2 is 1.96 bits per heavy atom. The molecule has 1 N–H and O–H groups in total. The van der Waals surface area contributed by atoms with Gasteiger partial charge in [0.1, 0.15) is 0 Å². The van der Waals surface area contributed by atoms with Gasteiger partial charge in [-0.05, 0) is 43.4 Å². The molecule has 3 aliphatic rings. The van der Waals surface area contributed by atoms with Crippen molar-refractivity contribution in [1.29, 1.82) is 0 Å². The monoisotopic (exact) mass is 377 g/mol. The molecule has 0 saturated carbocycles. The van der Waals surface area contributed by atoms with Crippen LogP contribution in [0.5, 0.6) is 0 Å². The predicted molar refractivity (Wildman–Crippen MR) is 104 cm³/mol. The fourth-order valence-corrected chi connectivity index (χ4v) is 4.76. The third kappa shape index (κ3) is 3.47. The molecule has 1 aromatic rings. The summed E-state index contributed by atoms with van der Waals surface area (Å²) in [5, 5.41) is 3.40. The summed E-state index contributed by atoms with van der Waals surface area (Å²) in [4.78, 5) is 28.9. The van der Waals surface area contributed by atoms with Crippen molar-refractivity contribution in [3.63, 3.8) is 0 Å². The van der Waals surface area contributed by atoms with Gasteiger partial charge in [0.15, 0.2) is 0 Å². The first-order valence-corrected chi connectivity index (χ1v) is 9.41. The van der Waals surface area contributed by atoms with E-state index in [1.807, 2.05) is 35.0 Å². The standard InChI is InChI=1S/C20H27N3O2.ClH/c1-22-14-20(12-18(22)24)7-10-23(11-8-20)19(25)17-5-3-2-4-16(17)15-6-9-21-13-15;/h2-5,15,21H,6-14H2,1H3;1H. The van der Waals surface area contributed by atoms with Gasteiger partial charge in [0.2, 0.25) is 5.91 Å². The maximum atomic E-state index is 13.1. The molecular weight excluding hydrogens is 350 g/mol. The third-order valence-corrected chi connectivity index (χ3v) is 6.33. The van der Waals surface area contributed by atoms with E-state index in [0.29, 0.717) is 12.3 Å². The number of amides is 2. The number of nitrogens with one attached hydrogen (secondary N) is 1. The summed E-state index contributed by atoms with van der Waals surface area (Å²) in [5.74, 6) is 0.853. The summed E-state index contributed by atoms with van der Waals surface area (Å²) < 4.78 is 0. The minimum absolute atomic E-state index is 0. The van der Waals surface area contributed by atoms with E-state index in [4.69, 9.17) is 0 Å². The van der Waals surface area contributed by atoms with Gasteiger partial charge < -0.3 is 15.1 Å². The van der Waals surface area contributed by atoms with Gasteiger partial charge in [0.05, 0.1) is 0 Å². The summed E-state index contributed by atoms with van der Waals surface area (Å²) in [6.07, 6.45) is 3.61. The number of hydrogen-bond donors (Lipinski definition) is 1. The van der Waals surface area contributed by atoms with Crippen molar-refractivity contribution in [2.75, 3.05) is 39.8 Å². The van der Waals surface area contributed by atoms with Crippen LogP contribution in [0.3, 0.4) is 0 Å². The molecule has 0 aromatic heterocycles. The van der Waals surface area contributed by atoms with Crippen LogP contribution >= 0.6 is 12.4 Å². The number of likely N-dealkylation sites (tertiary alicyclic amines) is 2. The van der Waals surface area contributed by atoms with E-state index < -0.39 is 0 Å². The number of nitrogens with zero attached hydrogens (tertiary/aromatic N) is 2. The molecule has 142 valence electrons. The number of benzene rings is 1. The molecule has 0 bridgehead atoms. The van der Waals surface area contributed by atoms with Crippen LogP contribution in [0.1, 0.15) is 47.5 Å². The van der Waals surface area contributed by atoms with Crippen LogP contribution in [-0.2, 0) is 4.79 Å². The summed E-state index contributed by atoms with van der Waals surface area (Å²) in [6, 6.07) is 8.10. The van der Waals surface area contributed by atoms with Crippen LogP contribution in [0, 0.1) is 5.41 Å². The number of rotatable bonds is 2. The van der Waals surface area contributed by atoms with Crippen LogP contribution in [0.15, 0.2) is 24.3 Å². The lowest BCUT2D eigenvalue weighted by molar-refractivity contribution is -0.126. The summed E-state index contributed by atoms with van der Waals surface area (Å²) in [5.41, 5.74) is 2.15. The molecule has 1 atom stereocenters. The zero-order chi connectivity index (χ0) is 17.4. The first-order chi connectivity index (χ1) is 12.1. The molecule has 1 unspecified atom stereocenters. The van der Waals surface area contributed by atoms with Gasteiger partial charge in [0, 0.05) is 50.6 Å². The maximum Gasteiger partial charge on any atom is 0.254 e. The highest BCUT2D eigenvalue weighted by Gasteiger charge is 2.44. The second-order valence-electron chi connectivity index (χ2n) is 8.00. The van der Waals surface area contributed by atoms with Crippen molar-refractivity contribution in [3.8, 4) is 0 Å². The number of hydrogen-bond acceptors (Lipinski definition) is 3. The molecule has 3 fully saturated rings. The van der Waals surface area contributed by atoms with Crippen LogP contribution in [0.2, 0.25) is 0 Å². The van der Waals surface area contributed by atoms with Crippen LogP contribution in [0.25, 0.3) is 0 Å². The van der Waals surface area contributed by atoms with E-state index in [2.05, 4.69) is 11.4 Å². The lowest BCUT2D eigenvalue weighted by Gasteiger charge is -2.39. The van der Waals surface area contributed by atoms with E-state index in [1.165, 1.54) is 5.56 Å². The topological polar surface area (TPSA) is 52.6 Å². The molecule has 1 aromatic carbocycles. The highest BCUT2D eigenvalue weighted by Crippen LogP contribution is 2.40. The van der Waals surface area contributed by atoms with Crippen LogP contribution in [-0.4, -0.2) is 61.4 Å². The summed E-state index contributed by atoms with van der Waals surface area (Å²) in [7, 11) is 1.89. The van der Waals surface area contributed by atoms with Crippen LogP contribution in [0.4, 0.5) is 0 Å². The van der Waals surface area contributed by atoms with E-state index in [0.717, 1.165) is 57.5 Å². The molecular formula is C20H28ClN3O2. The van der Waals surface area contributed by atoms with Gasteiger partial charge in [0.25, 0.3) is 5.91 Å². The zero-order valence-corrected chi connectivity index (χ0v) is 16.2. The quantitative estimate of drug-likeness (QED) is 0.860. The number of carbonyl (C=O) groups excluding carboxylic acids is 2. The van der Waals surface area contributed by atoms with Crippen molar-refractivity contribution in [2.24, 2.45) is 5.41 Å². The SMILES string of the molecule is CN1CC2(CCN(C(=O)c3ccccc3C3CCNC3)CC2)CC1=O.Cl. The largest absolute Gasteiger partial charge is 0.345 e. The lowest BCUT2D eigenvalue weighted by Crippen LogP contribution is -2.44. The van der Waals surface area contributed by atoms with Gasteiger partial charge in [-0.3, -0.25) is 9.59 Å². The van der Waals surface area contributed by atoms with Gasteiger partial charge in [-0.15, -0.1) is 12.4 Å². The zero-order valence-electron chi connectivity index (χ0n) is 15.4. The van der Waals surface area contributed by atoms with Gasteiger partial charge >= 0.3 is 0 Å². The van der Waals surface area contributed by atoms with Gasteiger partial charge in [-0.2, -0.15) is 0 Å². The fourth-order valence-electron chi connectivity index (χ4n) is 4.76. The smallest absolute Gasteiger partial charge is 0.254 e. The second-order valence-corrected chi connectivity index (χ2v) is 8.00. The normalized spacial score (nSPS) is 24.8. The van der Waals surface area contributed by atoms with E-state index in [-0.39, 0.29) is 29.6 Å². The Bertz CT molecular complexity index is 679. The molecule has 2 amide bonds. The van der Waals surface area contributed by atoms with Crippen molar-refractivity contribution in [2.45, 2.75) is 31.6 Å². The molecule has 3 aliphatic heterocycles. The van der Waals surface area contributed by atoms with E-state index in [1.54, 1.807) is 0 Å². The third-order valence-electron chi connectivity index (χ3n) is 6.33. The highest BCUT2D eigenvalue weighted by molar-refractivity contribution is 5.96. The number of carbonyl (C=O) groups is 2. The van der Waals surface area contributed by atoms with Crippen LogP contribution < -0.4 is 5.32 Å². The lowest BCUT2D eigenvalue weighted by atomic mass is 9.77. The Morgan fingerprint density at radius 3 is 2.58 bits per heavy atom. The minimum atomic E-state index is 0. The minimum Gasteiger partial charge on any atom is -0.345 e. The molecule has 5 nitrogen and oxygen atoms in total. The van der Waals surface area contributed by atoms with Crippen molar-refractivity contribution in [3.05, 3.63) is 35.4 Å². The molecule has 3 saturated heterocycles. The second kappa shape index (κ2) is 7.57. The highest BCUT2D eigenvalue weighted by atomic mass is 35.5. The average Bonchev–Trinajstić information content (AvgIpc) is 3.24. The summed E-state index contributed by atoms with van der Waals surface area (Å²) in [6.45, 7) is 4.36. The Kier molecular flexibility index (Phi) is 5.58. The molecule has 4 rings (SSSR count). The Morgan fingerprint density at radius 1 is 1.23 bits per heavy atom. The van der Waals surface area contributed by atoms with Crippen molar-refractivity contribution >= 4 is 24.2 Å². The Labute approximate surface area is 161 Å². The Hall–Kier alpha value is -1.59. The van der Waals surface area contributed by atoms with Gasteiger partial charge in [-0.1, -0.05) is 18.2 Å². The first-order valence-electron chi connectivity index (χ1n) is 9.41. The molecule has 26 heavy (non-hydrogen) atoms. The maximum absolute atomic E-state index is 13.1. The summed E-state index contributed by atoms with van der Waals surface area (Å²) >= 11 is 0. The molecule has 6 heteroatoms.